The predicted molar refractivity (Wildman–Crippen MR) is 117 cm³/mol. The predicted octanol–water partition coefficient (Wildman–Crippen LogP) is 3.69. The Bertz CT molecular complexity index is 1330. The van der Waals surface area contributed by atoms with E-state index in [0.717, 1.165) is 11.8 Å². The number of ketones is 1. The van der Waals surface area contributed by atoms with Crippen LogP contribution in [0.3, 0.4) is 0 Å². The van der Waals surface area contributed by atoms with Gasteiger partial charge in [-0.15, -0.1) is 10.2 Å². The van der Waals surface area contributed by atoms with Gasteiger partial charge in [-0.05, 0) is 36.4 Å². The topological polar surface area (TPSA) is 125 Å². The summed E-state index contributed by atoms with van der Waals surface area (Å²) in [6, 6.07) is 15.3. The highest BCUT2D eigenvalue weighted by molar-refractivity contribution is 7.99. The van der Waals surface area contributed by atoms with E-state index in [2.05, 4.69) is 15.5 Å². The molecule has 4 rings (SSSR count). The van der Waals surface area contributed by atoms with Gasteiger partial charge in [0.2, 0.25) is 5.91 Å². The number of thioether (sulfide) groups is 1. The summed E-state index contributed by atoms with van der Waals surface area (Å²) in [6.07, 6.45) is 0. The van der Waals surface area contributed by atoms with Crippen LogP contribution < -0.4 is 15.7 Å². The third-order valence-electron chi connectivity index (χ3n) is 4.25. The molecular weight excluding hydrogens is 434 g/mol. The fraction of sp³-hybridized carbons (Fsp3) is 0.136. The van der Waals surface area contributed by atoms with Crippen LogP contribution in [0.1, 0.15) is 23.2 Å². The Labute approximate surface area is 185 Å². The molecule has 1 N–H and O–H groups in total. The molecule has 1 amide bonds. The van der Waals surface area contributed by atoms with Crippen molar-refractivity contribution in [3.8, 4) is 5.75 Å². The van der Waals surface area contributed by atoms with Crippen molar-refractivity contribution in [3.63, 3.8) is 0 Å². The molecule has 0 saturated heterocycles. The molecule has 0 bridgehead atoms. The summed E-state index contributed by atoms with van der Waals surface area (Å²) in [6.45, 7) is 1.47. The molecule has 0 unspecified atom stereocenters. The van der Waals surface area contributed by atoms with Gasteiger partial charge in [0, 0.05) is 18.0 Å². The highest BCUT2D eigenvalue weighted by atomic mass is 32.2. The second kappa shape index (κ2) is 9.48. The largest absolute Gasteiger partial charge is 0.484 e. The number of carbonyl (C=O) groups excluding carboxylic acids is 2. The van der Waals surface area contributed by atoms with Gasteiger partial charge in [0.15, 0.2) is 12.4 Å². The summed E-state index contributed by atoms with van der Waals surface area (Å²) in [7, 11) is 0. The van der Waals surface area contributed by atoms with Crippen LogP contribution in [-0.4, -0.2) is 27.6 Å². The van der Waals surface area contributed by atoms with Gasteiger partial charge in [0.05, 0.1) is 5.75 Å². The van der Waals surface area contributed by atoms with Crippen LogP contribution in [0, 0.1) is 0 Å². The number of hydrogen-bond acceptors (Lipinski definition) is 9. The van der Waals surface area contributed by atoms with Crippen molar-refractivity contribution in [2.75, 3.05) is 11.1 Å². The Morgan fingerprint density at radius 2 is 1.84 bits per heavy atom. The number of rotatable bonds is 8. The fourth-order valence-electron chi connectivity index (χ4n) is 2.80. The van der Waals surface area contributed by atoms with Gasteiger partial charge < -0.3 is 18.9 Å². The first-order valence-electron chi connectivity index (χ1n) is 9.49. The zero-order valence-electron chi connectivity index (χ0n) is 16.9. The van der Waals surface area contributed by atoms with E-state index in [4.69, 9.17) is 13.6 Å². The zero-order valence-corrected chi connectivity index (χ0v) is 17.7. The lowest BCUT2D eigenvalue weighted by molar-refractivity contribution is -0.114. The lowest BCUT2D eigenvalue weighted by atomic mass is 10.1. The molecule has 9 nitrogen and oxygen atoms in total. The molecule has 2 aromatic heterocycles. The minimum absolute atomic E-state index is 0.0259. The smallest absolute Gasteiger partial charge is 0.347 e. The minimum atomic E-state index is -0.682. The van der Waals surface area contributed by atoms with E-state index in [1.54, 1.807) is 48.5 Å². The van der Waals surface area contributed by atoms with Gasteiger partial charge in [-0.3, -0.25) is 9.59 Å². The molecular formula is C22H17N3O6S. The molecule has 0 saturated carbocycles. The molecule has 162 valence electrons. The SMILES string of the molecule is CC(=O)Nc1ccc(OCc2nnc(SCC(=O)c3cc4ccccc4oc3=O)o2)cc1. The van der Waals surface area contributed by atoms with Crippen molar-refractivity contribution in [2.45, 2.75) is 18.8 Å². The number of aromatic nitrogens is 2. The van der Waals surface area contributed by atoms with Crippen molar-refractivity contribution in [1.29, 1.82) is 0 Å². The van der Waals surface area contributed by atoms with Gasteiger partial charge in [-0.1, -0.05) is 30.0 Å². The van der Waals surface area contributed by atoms with Crippen LogP contribution in [0.25, 0.3) is 11.0 Å². The number of benzene rings is 2. The third kappa shape index (κ3) is 5.22. The van der Waals surface area contributed by atoms with Crippen LogP contribution in [0.4, 0.5) is 5.69 Å². The number of nitrogens with one attached hydrogen (secondary N) is 1. The lowest BCUT2D eigenvalue weighted by Gasteiger charge is -2.05. The van der Waals surface area contributed by atoms with Crippen LogP contribution >= 0.6 is 11.8 Å². The summed E-state index contributed by atoms with van der Waals surface area (Å²) in [5.41, 5.74) is 0.375. The number of amides is 1. The second-order valence-corrected chi connectivity index (χ2v) is 7.58. The lowest BCUT2D eigenvalue weighted by Crippen LogP contribution is -2.15. The van der Waals surface area contributed by atoms with E-state index in [9.17, 15) is 14.4 Å². The van der Waals surface area contributed by atoms with E-state index in [0.29, 0.717) is 22.4 Å². The number of Topliss-reactive ketones (excluding diaryl/α,β-unsaturated/α-hetero) is 1. The number of hydrogen-bond donors (Lipinski definition) is 1. The van der Waals surface area contributed by atoms with Gasteiger partial charge >= 0.3 is 5.63 Å². The van der Waals surface area contributed by atoms with Crippen molar-refractivity contribution >= 4 is 40.1 Å². The summed E-state index contributed by atoms with van der Waals surface area (Å²) < 4.78 is 16.2. The van der Waals surface area contributed by atoms with E-state index >= 15 is 0 Å². The monoisotopic (exact) mass is 451 g/mol. The Kier molecular flexibility index (Phi) is 6.31. The molecule has 0 fully saturated rings. The summed E-state index contributed by atoms with van der Waals surface area (Å²) >= 11 is 1.02. The Balaban J connectivity index is 1.32. The maximum Gasteiger partial charge on any atom is 0.347 e. The molecule has 2 aromatic carbocycles. The van der Waals surface area contributed by atoms with Crippen molar-refractivity contribution in [3.05, 3.63) is 76.5 Å². The molecule has 10 heteroatoms. The summed E-state index contributed by atoms with van der Waals surface area (Å²) in [5.74, 6) is 0.177. The molecule has 2 heterocycles. The van der Waals surface area contributed by atoms with E-state index < -0.39 is 11.4 Å². The molecule has 0 aliphatic heterocycles. The zero-order chi connectivity index (χ0) is 22.5. The highest BCUT2D eigenvalue weighted by Crippen LogP contribution is 2.21. The second-order valence-electron chi connectivity index (χ2n) is 6.65. The fourth-order valence-corrected chi connectivity index (χ4v) is 3.46. The maximum atomic E-state index is 12.5. The normalized spacial score (nSPS) is 10.8. The highest BCUT2D eigenvalue weighted by Gasteiger charge is 2.16. The van der Waals surface area contributed by atoms with Gasteiger partial charge in [0.25, 0.3) is 11.1 Å². The summed E-state index contributed by atoms with van der Waals surface area (Å²) in [4.78, 5) is 35.6. The maximum absolute atomic E-state index is 12.5. The first kappa shape index (κ1) is 21.3. The van der Waals surface area contributed by atoms with Gasteiger partial charge in [-0.25, -0.2) is 4.79 Å². The first-order chi connectivity index (χ1) is 15.5. The van der Waals surface area contributed by atoms with Gasteiger partial charge in [-0.2, -0.15) is 0 Å². The van der Waals surface area contributed by atoms with Gasteiger partial charge in [0.1, 0.15) is 16.9 Å². The molecule has 0 atom stereocenters. The van der Waals surface area contributed by atoms with Crippen molar-refractivity contribution in [1.82, 2.24) is 10.2 Å². The number of fused-ring (bicyclic) bond motifs is 1. The molecule has 0 aliphatic carbocycles. The van der Waals surface area contributed by atoms with Crippen LogP contribution in [-0.2, 0) is 11.4 Å². The average Bonchev–Trinajstić information content (AvgIpc) is 3.24. The van der Waals surface area contributed by atoms with Crippen molar-refractivity contribution < 1.29 is 23.2 Å². The number of anilines is 1. The Hall–Kier alpha value is -3.92. The molecule has 0 aliphatic rings. The molecule has 4 aromatic rings. The van der Waals surface area contributed by atoms with E-state index in [1.165, 1.54) is 13.0 Å². The molecule has 0 radical (unpaired) electrons. The van der Waals surface area contributed by atoms with E-state index in [1.807, 2.05) is 0 Å². The number of nitrogens with zero attached hydrogens (tertiary/aromatic N) is 2. The van der Waals surface area contributed by atoms with E-state index in [-0.39, 0.29) is 34.9 Å². The number of para-hydroxylation sites is 1. The average molecular weight is 451 g/mol. The molecule has 0 spiro atoms. The first-order valence-corrected chi connectivity index (χ1v) is 10.5. The van der Waals surface area contributed by atoms with Crippen LogP contribution in [0.5, 0.6) is 5.75 Å². The molecule has 32 heavy (non-hydrogen) atoms. The van der Waals surface area contributed by atoms with Crippen LogP contribution in [0.15, 0.2) is 73.4 Å². The standard InChI is InChI=1S/C22H17N3O6S/c1-13(26)23-15-6-8-16(9-7-15)29-11-20-24-25-22(31-20)32-12-18(27)17-10-14-4-2-3-5-19(14)30-21(17)28/h2-10H,11-12H2,1H3,(H,23,26). The number of ether oxygens (including phenoxy) is 1. The summed E-state index contributed by atoms with van der Waals surface area (Å²) in [5, 5.41) is 11.3. The minimum Gasteiger partial charge on any atom is -0.484 e. The number of carbonyl (C=O) groups is 2. The van der Waals surface area contributed by atoms with Crippen LogP contribution in [0.2, 0.25) is 0 Å². The van der Waals surface area contributed by atoms with Crippen molar-refractivity contribution in [2.24, 2.45) is 0 Å². The Morgan fingerprint density at radius 1 is 1.06 bits per heavy atom. The quantitative estimate of drug-likeness (QED) is 0.242. The third-order valence-corrected chi connectivity index (χ3v) is 5.07. The Morgan fingerprint density at radius 3 is 2.62 bits per heavy atom.